The van der Waals surface area contributed by atoms with E-state index in [-0.39, 0.29) is 11.8 Å². The zero-order chi connectivity index (χ0) is 19.0. The lowest BCUT2D eigenvalue weighted by molar-refractivity contribution is -0.120. The number of carbonyl (C=O) groups excluding carboxylic acids is 1. The number of halogens is 1. The summed E-state index contributed by atoms with van der Waals surface area (Å²) in [6.45, 7) is 4.15. The largest absolute Gasteiger partial charge is 0.326 e. The molecule has 1 heterocycles. The topological polar surface area (TPSA) is 42.0 Å². The number of fused-ring (bicyclic) bond motifs is 1. The Kier molecular flexibility index (Phi) is 5.23. The van der Waals surface area contributed by atoms with Gasteiger partial charge in [-0.05, 0) is 98.2 Å². The number of benzene rings is 1. The molecule has 2 aromatic rings. The van der Waals surface area contributed by atoms with Gasteiger partial charge in [-0.3, -0.25) is 9.78 Å². The lowest BCUT2D eigenvalue weighted by atomic mass is 9.86. The summed E-state index contributed by atoms with van der Waals surface area (Å²) >= 11 is 5.92. The van der Waals surface area contributed by atoms with Crippen LogP contribution in [0.4, 0.5) is 5.69 Å². The smallest absolute Gasteiger partial charge is 0.227 e. The Morgan fingerprint density at radius 1 is 1.11 bits per heavy atom. The van der Waals surface area contributed by atoms with Crippen LogP contribution in [0.15, 0.2) is 42.6 Å². The van der Waals surface area contributed by atoms with Crippen molar-refractivity contribution < 1.29 is 4.79 Å². The van der Waals surface area contributed by atoms with E-state index in [9.17, 15) is 4.79 Å². The quantitative estimate of drug-likeness (QED) is 0.721. The summed E-state index contributed by atoms with van der Waals surface area (Å²) < 4.78 is 0. The fourth-order valence-electron chi connectivity index (χ4n) is 5.17. The maximum absolute atomic E-state index is 12.7. The van der Waals surface area contributed by atoms with E-state index in [1.165, 1.54) is 31.2 Å². The van der Waals surface area contributed by atoms with Gasteiger partial charge in [-0.25, -0.2) is 0 Å². The number of nitrogens with one attached hydrogen (secondary N) is 1. The van der Waals surface area contributed by atoms with Gasteiger partial charge in [0.1, 0.15) is 0 Å². The minimum absolute atomic E-state index is 0.0490. The molecule has 27 heavy (non-hydrogen) atoms. The molecule has 0 aliphatic heterocycles. The first-order valence-electron chi connectivity index (χ1n) is 9.98. The zero-order valence-electron chi connectivity index (χ0n) is 16.0. The number of rotatable bonds is 4. The standard InChI is InChI=1S/C23H27ClN2O/c1-14-9-16(7-8-25-14)18-12-19-10-17(11-20(19)13-18)15(2)23(27)26-22-5-3-21(24)4-6-22/h3-9,15,17-20H,10-13H2,1-2H3,(H,26,27)/t15?,17?,18?,19-,20+. The molecule has 4 heteroatoms. The van der Waals surface area contributed by atoms with E-state index < -0.39 is 0 Å². The van der Waals surface area contributed by atoms with E-state index in [1.807, 2.05) is 30.5 Å². The molecular weight excluding hydrogens is 356 g/mol. The van der Waals surface area contributed by atoms with Crippen LogP contribution < -0.4 is 5.32 Å². The molecule has 0 bridgehead atoms. The van der Waals surface area contributed by atoms with Gasteiger partial charge >= 0.3 is 0 Å². The highest BCUT2D eigenvalue weighted by Crippen LogP contribution is 2.54. The van der Waals surface area contributed by atoms with Gasteiger partial charge in [-0.15, -0.1) is 0 Å². The Bertz CT molecular complexity index is 805. The Morgan fingerprint density at radius 2 is 1.78 bits per heavy atom. The van der Waals surface area contributed by atoms with Crippen molar-refractivity contribution in [3.05, 3.63) is 58.9 Å². The van der Waals surface area contributed by atoms with Crippen LogP contribution in [0.3, 0.4) is 0 Å². The fraction of sp³-hybridized carbons (Fsp3) is 0.478. The third kappa shape index (κ3) is 4.03. The van der Waals surface area contributed by atoms with Crippen molar-refractivity contribution in [1.29, 1.82) is 0 Å². The minimum Gasteiger partial charge on any atom is -0.326 e. The van der Waals surface area contributed by atoms with Crippen molar-refractivity contribution in [2.75, 3.05) is 5.32 Å². The van der Waals surface area contributed by atoms with Gasteiger partial charge in [-0.2, -0.15) is 0 Å². The second-order valence-corrected chi connectivity index (χ2v) is 8.87. The zero-order valence-corrected chi connectivity index (χ0v) is 16.7. The lowest BCUT2D eigenvalue weighted by Crippen LogP contribution is -2.26. The highest BCUT2D eigenvalue weighted by Gasteiger charge is 2.44. The molecule has 142 valence electrons. The summed E-state index contributed by atoms with van der Waals surface area (Å²) in [5.74, 6) is 2.86. The highest BCUT2D eigenvalue weighted by molar-refractivity contribution is 6.30. The molecule has 4 rings (SSSR count). The number of amides is 1. The first-order chi connectivity index (χ1) is 13.0. The summed E-state index contributed by atoms with van der Waals surface area (Å²) in [5, 5.41) is 3.73. The number of hydrogen-bond acceptors (Lipinski definition) is 2. The Hall–Kier alpha value is -1.87. The summed E-state index contributed by atoms with van der Waals surface area (Å²) in [5.41, 5.74) is 3.37. The summed E-state index contributed by atoms with van der Waals surface area (Å²) in [6, 6.07) is 11.8. The van der Waals surface area contributed by atoms with Gasteiger partial charge in [0.2, 0.25) is 5.91 Å². The van der Waals surface area contributed by atoms with E-state index in [2.05, 4.69) is 36.3 Å². The van der Waals surface area contributed by atoms with E-state index in [0.29, 0.717) is 16.9 Å². The molecule has 2 saturated carbocycles. The lowest BCUT2D eigenvalue weighted by Gasteiger charge is -2.21. The van der Waals surface area contributed by atoms with E-state index in [0.717, 1.165) is 23.2 Å². The van der Waals surface area contributed by atoms with Gasteiger partial charge in [0, 0.05) is 28.5 Å². The predicted octanol–water partition coefficient (Wildman–Crippen LogP) is 5.84. The van der Waals surface area contributed by atoms with Crippen LogP contribution in [-0.4, -0.2) is 10.9 Å². The first kappa shape index (κ1) is 18.5. The van der Waals surface area contributed by atoms with Gasteiger partial charge < -0.3 is 5.32 Å². The average Bonchev–Trinajstić information content (AvgIpc) is 3.22. The van der Waals surface area contributed by atoms with Gasteiger partial charge in [-0.1, -0.05) is 18.5 Å². The van der Waals surface area contributed by atoms with Crippen molar-refractivity contribution in [2.45, 2.75) is 45.4 Å². The number of pyridine rings is 1. The molecule has 1 amide bonds. The fourth-order valence-corrected chi connectivity index (χ4v) is 5.29. The van der Waals surface area contributed by atoms with Crippen molar-refractivity contribution in [3.8, 4) is 0 Å². The first-order valence-corrected chi connectivity index (χ1v) is 10.4. The van der Waals surface area contributed by atoms with E-state index in [1.54, 1.807) is 0 Å². The second kappa shape index (κ2) is 7.63. The van der Waals surface area contributed by atoms with Crippen LogP contribution in [0.1, 0.15) is 49.8 Å². The van der Waals surface area contributed by atoms with Crippen LogP contribution in [0.2, 0.25) is 5.02 Å². The van der Waals surface area contributed by atoms with E-state index in [4.69, 9.17) is 11.6 Å². The number of hydrogen-bond donors (Lipinski definition) is 1. The SMILES string of the molecule is Cc1cc(C2C[C@@H]3CC(C(C)C(=O)Nc4ccc(Cl)cc4)C[C@@H]3C2)ccn1. The summed E-state index contributed by atoms with van der Waals surface area (Å²) in [7, 11) is 0. The number of anilines is 1. The molecule has 5 atom stereocenters. The maximum Gasteiger partial charge on any atom is 0.227 e. The van der Waals surface area contributed by atoms with Crippen molar-refractivity contribution in [3.63, 3.8) is 0 Å². The molecule has 3 unspecified atom stereocenters. The van der Waals surface area contributed by atoms with Crippen LogP contribution in [0, 0.1) is 30.6 Å². The Labute approximate surface area is 166 Å². The number of carbonyl (C=O) groups is 1. The minimum atomic E-state index is 0.0490. The van der Waals surface area contributed by atoms with Crippen LogP contribution in [-0.2, 0) is 4.79 Å². The number of aryl methyl sites for hydroxylation is 1. The molecule has 1 aromatic heterocycles. The predicted molar refractivity (Wildman–Crippen MR) is 110 cm³/mol. The monoisotopic (exact) mass is 382 g/mol. The van der Waals surface area contributed by atoms with Crippen molar-refractivity contribution >= 4 is 23.2 Å². The molecule has 2 aliphatic carbocycles. The van der Waals surface area contributed by atoms with Crippen LogP contribution in [0.5, 0.6) is 0 Å². The van der Waals surface area contributed by atoms with Gasteiger partial charge in [0.05, 0.1) is 0 Å². The second-order valence-electron chi connectivity index (χ2n) is 8.44. The Morgan fingerprint density at radius 3 is 2.41 bits per heavy atom. The van der Waals surface area contributed by atoms with Gasteiger partial charge in [0.15, 0.2) is 0 Å². The molecule has 0 radical (unpaired) electrons. The van der Waals surface area contributed by atoms with Crippen LogP contribution in [0.25, 0.3) is 0 Å². The average molecular weight is 383 g/mol. The molecule has 0 spiro atoms. The summed E-state index contributed by atoms with van der Waals surface area (Å²) in [4.78, 5) is 17.0. The molecule has 3 nitrogen and oxygen atoms in total. The van der Waals surface area contributed by atoms with Crippen molar-refractivity contribution in [2.24, 2.45) is 23.7 Å². The molecular formula is C23H27ClN2O. The van der Waals surface area contributed by atoms with Gasteiger partial charge in [0.25, 0.3) is 0 Å². The third-order valence-corrected chi connectivity index (χ3v) is 6.93. The number of aromatic nitrogens is 1. The molecule has 1 aromatic carbocycles. The highest BCUT2D eigenvalue weighted by atomic mass is 35.5. The molecule has 0 saturated heterocycles. The van der Waals surface area contributed by atoms with Crippen molar-refractivity contribution in [1.82, 2.24) is 4.98 Å². The normalized spacial score (nSPS) is 28.0. The Balaban J connectivity index is 1.34. The summed E-state index contributed by atoms with van der Waals surface area (Å²) in [6.07, 6.45) is 6.82. The number of nitrogens with zero attached hydrogens (tertiary/aromatic N) is 1. The maximum atomic E-state index is 12.7. The molecule has 2 aliphatic rings. The van der Waals surface area contributed by atoms with E-state index >= 15 is 0 Å². The van der Waals surface area contributed by atoms with Crippen LogP contribution >= 0.6 is 11.6 Å². The molecule has 2 fully saturated rings. The third-order valence-electron chi connectivity index (χ3n) is 6.68. The molecule has 1 N–H and O–H groups in total.